The summed E-state index contributed by atoms with van der Waals surface area (Å²) in [4.78, 5) is 26.5. The van der Waals surface area contributed by atoms with Gasteiger partial charge in [0, 0.05) is 6.42 Å². The largest absolute Gasteiger partial charge is 0.274 e. The Morgan fingerprint density at radius 1 is 1.21 bits per heavy atom. The quantitative estimate of drug-likeness (QED) is 0.514. The number of rotatable bonds is 1. The van der Waals surface area contributed by atoms with Crippen molar-refractivity contribution in [2.45, 2.75) is 70.8 Å². The fraction of sp³-hybridized carbons (Fsp3) is 0.867. The highest BCUT2D eigenvalue weighted by Crippen LogP contribution is 2.54. The standard InChI is InChI=1S/C15H26INO2/c1-10(16)12(19)17-11(18)8-9-15(17,13(2,3)4)14(5,6)7/h10H,8-9H2,1-7H3. The molecule has 1 atom stereocenters. The summed E-state index contributed by atoms with van der Waals surface area (Å²) in [5.74, 6) is -0.0636. The van der Waals surface area contributed by atoms with Crippen LogP contribution in [0.2, 0.25) is 0 Å². The highest BCUT2D eigenvalue weighted by Gasteiger charge is 2.61. The molecule has 1 fully saturated rings. The van der Waals surface area contributed by atoms with Gasteiger partial charge in [-0.3, -0.25) is 14.5 Å². The Bertz CT molecular complexity index is 374. The number of nitrogens with zero attached hydrogens (tertiary/aromatic N) is 1. The van der Waals surface area contributed by atoms with Gasteiger partial charge in [-0.25, -0.2) is 0 Å². The van der Waals surface area contributed by atoms with Crippen molar-refractivity contribution in [1.29, 1.82) is 0 Å². The van der Waals surface area contributed by atoms with Gasteiger partial charge in [-0.2, -0.15) is 0 Å². The van der Waals surface area contributed by atoms with E-state index in [4.69, 9.17) is 0 Å². The Hall–Kier alpha value is -0.130. The molecule has 3 nitrogen and oxygen atoms in total. The summed E-state index contributed by atoms with van der Waals surface area (Å²) in [5, 5.41) is 0. The minimum atomic E-state index is -0.409. The molecule has 0 aromatic heterocycles. The first-order valence-corrected chi connectivity index (χ1v) is 8.12. The lowest BCUT2D eigenvalue weighted by molar-refractivity contribution is -0.158. The van der Waals surface area contributed by atoms with Gasteiger partial charge >= 0.3 is 0 Å². The van der Waals surface area contributed by atoms with Crippen LogP contribution in [0.25, 0.3) is 0 Å². The molecule has 0 aliphatic carbocycles. The highest BCUT2D eigenvalue weighted by atomic mass is 127. The van der Waals surface area contributed by atoms with E-state index in [0.717, 1.165) is 6.42 Å². The molecular formula is C15H26INO2. The second kappa shape index (κ2) is 5.01. The molecule has 0 N–H and O–H groups in total. The van der Waals surface area contributed by atoms with E-state index in [1.54, 1.807) is 4.90 Å². The summed E-state index contributed by atoms with van der Waals surface area (Å²) >= 11 is 2.10. The van der Waals surface area contributed by atoms with Crippen LogP contribution in [0.15, 0.2) is 0 Å². The maximum absolute atomic E-state index is 12.6. The number of carbonyl (C=O) groups is 2. The summed E-state index contributed by atoms with van der Waals surface area (Å²) < 4.78 is -0.177. The number of imide groups is 1. The van der Waals surface area contributed by atoms with Crippen LogP contribution in [-0.2, 0) is 9.59 Å². The van der Waals surface area contributed by atoms with E-state index < -0.39 is 5.54 Å². The average Bonchev–Trinajstić information content (AvgIpc) is 2.53. The molecule has 110 valence electrons. The molecule has 0 radical (unpaired) electrons. The van der Waals surface area contributed by atoms with E-state index in [-0.39, 0.29) is 26.6 Å². The maximum atomic E-state index is 12.6. The van der Waals surface area contributed by atoms with E-state index in [0.29, 0.717) is 6.42 Å². The number of hydrogen-bond donors (Lipinski definition) is 0. The highest BCUT2D eigenvalue weighted by molar-refractivity contribution is 14.1. The Kier molecular flexibility index (Phi) is 4.46. The molecule has 19 heavy (non-hydrogen) atoms. The van der Waals surface area contributed by atoms with Crippen molar-refractivity contribution < 1.29 is 9.59 Å². The first kappa shape index (κ1) is 16.9. The summed E-state index contributed by atoms with van der Waals surface area (Å²) in [6.07, 6.45) is 1.23. The second-order valence-electron chi connectivity index (χ2n) is 7.54. The van der Waals surface area contributed by atoms with Crippen LogP contribution in [0.4, 0.5) is 0 Å². The van der Waals surface area contributed by atoms with Crippen molar-refractivity contribution in [1.82, 2.24) is 4.90 Å². The summed E-state index contributed by atoms with van der Waals surface area (Å²) in [6, 6.07) is 0. The van der Waals surface area contributed by atoms with E-state index in [9.17, 15) is 9.59 Å². The number of amides is 2. The van der Waals surface area contributed by atoms with E-state index >= 15 is 0 Å². The lowest BCUT2D eigenvalue weighted by Crippen LogP contribution is -2.64. The first-order valence-electron chi connectivity index (χ1n) is 6.87. The Balaban J connectivity index is 3.46. The molecule has 1 unspecified atom stereocenters. The molecule has 0 saturated carbocycles. The van der Waals surface area contributed by atoms with Gasteiger partial charge in [0.15, 0.2) is 0 Å². The number of alkyl halides is 1. The topological polar surface area (TPSA) is 37.4 Å². The van der Waals surface area contributed by atoms with E-state index in [1.807, 2.05) is 6.92 Å². The monoisotopic (exact) mass is 379 g/mol. The van der Waals surface area contributed by atoms with Crippen LogP contribution in [0.1, 0.15) is 61.3 Å². The third kappa shape index (κ3) is 2.57. The summed E-state index contributed by atoms with van der Waals surface area (Å²) in [7, 11) is 0. The van der Waals surface area contributed by atoms with Gasteiger partial charge in [0.25, 0.3) is 0 Å². The van der Waals surface area contributed by atoms with Crippen molar-refractivity contribution in [3.63, 3.8) is 0 Å². The molecule has 1 rings (SSSR count). The van der Waals surface area contributed by atoms with Crippen LogP contribution in [0.5, 0.6) is 0 Å². The number of likely N-dealkylation sites (tertiary alicyclic amines) is 1. The van der Waals surface area contributed by atoms with Gasteiger partial charge in [-0.1, -0.05) is 64.1 Å². The van der Waals surface area contributed by atoms with Gasteiger partial charge in [0.05, 0.1) is 9.46 Å². The fourth-order valence-corrected chi connectivity index (χ4v) is 4.04. The molecule has 1 heterocycles. The van der Waals surface area contributed by atoms with Crippen LogP contribution in [-0.4, -0.2) is 26.2 Å². The fourth-order valence-electron chi connectivity index (χ4n) is 3.76. The lowest BCUT2D eigenvalue weighted by Gasteiger charge is -2.55. The lowest BCUT2D eigenvalue weighted by atomic mass is 9.58. The van der Waals surface area contributed by atoms with Gasteiger partial charge in [0.2, 0.25) is 11.8 Å². The third-order valence-electron chi connectivity index (χ3n) is 4.37. The zero-order chi connectivity index (χ0) is 15.2. The number of carbonyl (C=O) groups excluding carboxylic acids is 2. The van der Waals surface area contributed by atoms with Gasteiger partial charge in [0.1, 0.15) is 0 Å². The molecule has 0 spiro atoms. The summed E-state index contributed by atoms with van der Waals surface area (Å²) in [5.41, 5.74) is -0.690. The van der Waals surface area contributed by atoms with Gasteiger partial charge in [-0.15, -0.1) is 0 Å². The van der Waals surface area contributed by atoms with Gasteiger partial charge in [-0.05, 0) is 24.2 Å². The molecule has 0 bridgehead atoms. The number of hydrogen-bond acceptors (Lipinski definition) is 2. The SMILES string of the molecule is CC(I)C(=O)N1C(=O)CCC1(C(C)(C)C)C(C)(C)C. The zero-order valence-electron chi connectivity index (χ0n) is 13.1. The van der Waals surface area contributed by atoms with Crippen LogP contribution >= 0.6 is 22.6 Å². The maximum Gasteiger partial charge on any atom is 0.242 e. The Labute approximate surface area is 130 Å². The first-order chi connectivity index (χ1) is 8.36. The van der Waals surface area contributed by atoms with E-state index in [1.165, 1.54) is 0 Å². The predicted octanol–water partition coefficient (Wildman–Crippen LogP) is 3.79. The Morgan fingerprint density at radius 2 is 1.63 bits per heavy atom. The molecule has 1 aliphatic heterocycles. The minimum Gasteiger partial charge on any atom is -0.274 e. The van der Waals surface area contributed by atoms with Crippen molar-refractivity contribution >= 4 is 34.4 Å². The molecule has 0 aromatic carbocycles. The van der Waals surface area contributed by atoms with Crippen molar-refractivity contribution in [3.05, 3.63) is 0 Å². The second-order valence-corrected chi connectivity index (χ2v) is 9.41. The molecular weight excluding hydrogens is 353 g/mol. The normalized spacial score (nSPS) is 21.7. The number of halogens is 1. The predicted molar refractivity (Wildman–Crippen MR) is 86.2 cm³/mol. The molecule has 1 saturated heterocycles. The van der Waals surface area contributed by atoms with Crippen molar-refractivity contribution in [2.24, 2.45) is 10.8 Å². The summed E-state index contributed by atoms with van der Waals surface area (Å²) in [6.45, 7) is 14.7. The molecule has 1 aliphatic rings. The average molecular weight is 379 g/mol. The molecule has 2 amide bonds. The van der Waals surface area contributed by atoms with Crippen LogP contribution in [0.3, 0.4) is 0 Å². The smallest absolute Gasteiger partial charge is 0.242 e. The van der Waals surface area contributed by atoms with Crippen molar-refractivity contribution in [2.75, 3.05) is 0 Å². The van der Waals surface area contributed by atoms with Gasteiger partial charge < -0.3 is 0 Å². The third-order valence-corrected chi connectivity index (χ3v) is 4.91. The van der Waals surface area contributed by atoms with Crippen LogP contribution < -0.4 is 0 Å². The minimum absolute atomic E-state index is 0.0154. The molecule has 4 heteroatoms. The van der Waals surface area contributed by atoms with Crippen LogP contribution in [0, 0.1) is 10.8 Å². The zero-order valence-corrected chi connectivity index (χ0v) is 15.3. The van der Waals surface area contributed by atoms with E-state index in [2.05, 4.69) is 64.1 Å². The van der Waals surface area contributed by atoms with Crippen molar-refractivity contribution in [3.8, 4) is 0 Å². The Morgan fingerprint density at radius 3 is 1.95 bits per heavy atom. The molecule has 0 aromatic rings.